The molecule has 4 N–H and O–H groups in total. The first-order valence-electron chi connectivity index (χ1n) is 15.0. The van der Waals surface area contributed by atoms with Crippen molar-refractivity contribution in [3.05, 3.63) is 100 Å². The summed E-state index contributed by atoms with van der Waals surface area (Å²) in [7, 11) is 0. The van der Waals surface area contributed by atoms with Gasteiger partial charge < -0.3 is 25.4 Å². The van der Waals surface area contributed by atoms with Crippen molar-refractivity contribution in [1.82, 2.24) is 4.90 Å². The predicted octanol–water partition coefficient (Wildman–Crippen LogP) is 4.88. The Bertz CT molecular complexity index is 1640. The van der Waals surface area contributed by atoms with Crippen molar-refractivity contribution in [3.8, 4) is 11.5 Å². The number of ketones is 1. The van der Waals surface area contributed by atoms with Gasteiger partial charge in [0.25, 0.3) is 5.91 Å². The lowest BCUT2D eigenvalue weighted by Gasteiger charge is -2.59. The molecule has 2 aliphatic carbocycles. The number of amides is 1. The minimum atomic E-state index is -1.29. The number of benzene rings is 3. The van der Waals surface area contributed by atoms with Crippen LogP contribution in [0.1, 0.15) is 60.2 Å². The van der Waals surface area contributed by atoms with Crippen LogP contribution >= 0.6 is 0 Å². The van der Waals surface area contributed by atoms with Gasteiger partial charge in [-0.25, -0.2) is 0 Å². The highest BCUT2D eigenvalue weighted by Crippen LogP contribution is 2.63. The summed E-state index contributed by atoms with van der Waals surface area (Å²) in [6, 6.07) is 18.9. The number of hydrogen-bond donors (Lipinski definition) is 4. The number of carbonyl (C=O) groups excluding carboxylic acids is 2. The molecule has 2 fully saturated rings. The summed E-state index contributed by atoms with van der Waals surface area (Å²) in [6.45, 7) is 5.00. The lowest BCUT2D eigenvalue weighted by Crippen LogP contribution is -2.73. The fraction of sp³-hybridized carbons (Fsp3) is 0.371. The van der Waals surface area contributed by atoms with Gasteiger partial charge in [0.1, 0.15) is 5.76 Å². The number of nitrogens with one attached hydrogen (secondary N) is 1. The van der Waals surface area contributed by atoms with Gasteiger partial charge in [-0.15, -0.1) is 0 Å². The van der Waals surface area contributed by atoms with Crippen LogP contribution in [0.2, 0.25) is 0 Å². The molecule has 8 nitrogen and oxygen atoms in total. The molecule has 2 heterocycles. The van der Waals surface area contributed by atoms with Gasteiger partial charge in [-0.3, -0.25) is 14.5 Å². The van der Waals surface area contributed by atoms with Crippen LogP contribution in [0.5, 0.6) is 11.5 Å². The summed E-state index contributed by atoms with van der Waals surface area (Å²) in [5.74, 6) is -0.0367. The number of nitrogens with zero attached hydrogens (tertiary/aromatic N) is 1. The number of ether oxygens (including phenoxy) is 1. The lowest BCUT2D eigenvalue weighted by molar-refractivity contribution is -0.153. The molecular formula is C35H36N2O6. The maximum absolute atomic E-state index is 13.4. The van der Waals surface area contributed by atoms with Crippen LogP contribution in [0.25, 0.3) is 0 Å². The largest absolute Gasteiger partial charge is 0.508 e. The highest BCUT2D eigenvalue weighted by Gasteiger charge is 2.69. The zero-order valence-electron chi connectivity index (χ0n) is 24.3. The molecule has 3 aromatic rings. The number of aliphatic hydroxyl groups excluding tert-OH is 1. The van der Waals surface area contributed by atoms with Crippen LogP contribution in [0.3, 0.4) is 0 Å². The first-order valence-corrected chi connectivity index (χ1v) is 15.0. The fourth-order valence-electron chi connectivity index (χ4n) is 7.57. The van der Waals surface area contributed by atoms with E-state index in [0.717, 1.165) is 24.2 Å². The molecule has 8 heteroatoms. The number of piperidine rings is 1. The summed E-state index contributed by atoms with van der Waals surface area (Å²) >= 11 is 0. The van der Waals surface area contributed by atoms with Crippen LogP contribution in [0, 0.1) is 5.92 Å². The molecule has 3 aromatic carbocycles. The summed E-state index contributed by atoms with van der Waals surface area (Å²) in [4.78, 5) is 28.5. The number of aromatic hydroxyl groups is 1. The highest BCUT2D eigenvalue weighted by molar-refractivity contribution is 6.09. The minimum Gasteiger partial charge on any atom is -0.508 e. The van der Waals surface area contributed by atoms with E-state index in [1.807, 2.05) is 31.2 Å². The Hall–Kier alpha value is -4.14. The Morgan fingerprint density at radius 2 is 1.72 bits per heavy atom. The van der Waals surface area contributed by atoms with Crippen molar-refractivity contribution in [2.45, 2.75) is 62.7 Å². The smallest absolute Gasteiger partial charge is 0.254 e. The van der Waals surface area contributed by atoms with E-state index >= 15 is 0 Å². The molecular weight excluding hydrogens is 544 g/mol. The van der Waals surface area contributed by atoms with E-state index in [4.69, 9.17) is 4.74 Å². The van der Waals surface area contributed by atoms with Crippen molar-refractivity contribution >= 4 is 17.4 Å². The normalized spacial score (nSPS) is 28.0. The molecule has 1 saturated heterocycles. The molecule has 4 aliphatic rings. The van der Waals surface area contributed by atoms with E-state index < -0.39 is 23.0 Å². The molecule has 43 heavy (non-hydrogen) atoms. The van der Waals surface area contributed by atoms with Crippen LogP contribution in [0.4, 0.5) is 5.69 Å². The third-order valence-electron chi connectivity index (χ3n) is 10.2. The molecule has 1 saturated carbocycles. The monoisotopic (exact) mass is 580 g/mol. The number of anilines is 1. The van der Waals surface area contributed by atoms with Gasteiger partial charge >= 0.3 is 0 Å². The quantitative estimate of drug-likeness (QED) is 0.179. The third-order valence-corrected chi connectivity index (χ3v) is 10.2. The molecule has 0 radical (unpaired) electrons. The van der Waals surface area contributed by atoms with E-state index in [-0.39, 0.29) is 34.7 Å². The molecule has 4 atom stereocenters. The van der Waals surface area contributed by atoms with Gasteiger partial charge in [-0.2, -0.15) is 0 Å². The second-order valence-corrected chi connectivity index (χ2v) is 12.7. The fourth-order valence-corrected chi connectivity index (χ4v) is 7.57. The Labute approximate surface area is 250 Å². The van der Waals surface area contributed by atoms with Crippen molar-refractivity contribution < 1.29 is 29.6 Å². The van der Waals surface area contributed by atoms with Crippen LogP contribution < -0.4 is 10.1 Å². The molecule has 7 rings (SSSR count). The van der Waals surface area contributed by atoms with Gasteiger partial charge in [0.05, 0.1) is 16.6 Å². The maximum atomic E-state index is 13.4. The van der Waals surface area contributed by atoms with Crippen LogP contribution in [0.15, 0.2) is 78.1 Å². The minimum absolute atomic E-state index is 0.0460. The van der Waals surface area contributed by atoms with E-state index in [9.17, 15) is 24.9 Å². The molecule has 1 amide bonds. The Balaban J connectivity index is 1.18. The molecule has 222 valence electrons. The van der Waals surface area contributed by atoms with Gasteiger partial charge in [0, 0.05) is 35.0 Å². The molecule has 0 aromatic heterocycles. The van der Waals surface area contributed by atoms with Gasteiger partial charge in [-0.05, 0) is 87.9 Å². The summed E-state index contributed by atoms with van der Waals surface area (Å²) < 4.78 is 6.32. The van der Waals surface area contributed by atoms with Crippen molar-refractivity contribution in [2.24, 2.45) is 5.92 Å². The number of fused-ring (bicyclic) bond motifs is 1. The number of hydrogen-bond acceptors (Lipinski definition) is 7. The Kier molecular flexibility index (Phi) is 6.41. The van der Waals surface area contributed by atoms with Crippen LogP contribution in [-0.4, -0.2) is 62.7 Å². The molecule has 0 unspecified atom stereocenters. The predicted molar refractivity (Wildman–Crippen MR) is 162 cm³/mol. The zero-order valence-corrected chi connectivity index (χ0v) is 24.3. The average molecular weight is 581 g/mol. The molecule has 2 bridgehead atoms. The summed E-state index contributed by atoms with van der Waals surface area (Å²) in [5, 5.41) is 37.6. The van der Waals surface area contributed by atoms with Crippen LogP contribution in [-0.2, 0) is 16.6 Å². The first-order chi connectivity index (χ1) is 20.6. The zero-order chi connectivity index (χ0) is 30.1. The standard InChI is InChI=1S/C35H36N2O6/c1-20(33(41)36-25-13-10-23(11-14-25)30(40)22-6-4-3-5-7-22)29(39)32-35-16-17-37(19-21-8-9-21)27(34(35,2)42)18-24-12-15-26(38)31(43-32)28(24)35/h3-7,10-15,21,27,32,38-39,42H,8-9,16-19H2,1-2H3,(H,36,41)/b29-20-/t27-,32+,34-,35+/m1/s1. The SMILES string of the molecule is C/C(C(=O)Nc1ccc(C(=O)c2ccccc2)cc1)=C(/O)[C@@H]1Oc2c(O)ccc3c2[C@@]12CCN(CC1CC1)[C@H](C3)[C@@]2(C)O. The number of aliphatic hydroxyl groups is 2. The summed E-state index contributed by atoms with van der Waals surface area (Å²) in [5.41, 5.74) is 0.995. The van der Waals surface area contributed by atoms with Crippen molar-refractivity contribution in [2.75, 3.05) is 18.4 Å². The van der Waals surface area contributed by atoms with Crippen molar-refractivity contribution in [3.63, 3.8) is 0 Å². The number of rotatable bonds is 7. The van der Waals surface area contributed by atoms with E-state index in [2.05, 4.69) is 10.2 Å². The molecule has 2 aliphatic heterocycles. The van der Waals surface area contributed by atoms with E-state index in [1.165, 1.54) is 19.8 Å². The number of likely N-dealkylation sites (tertiary alicyclic amines) is 1. The number of phenolic OH excluding ortho intramolecular Hbond substituents is 1. The number of carbonyl (C=O) groups is 2. The average Bonchev–Trinajstić information content (AvgIpc) is 3.75. The van der Waals surface area contributed by atoms with E-state index in [1.54, 1.807) is 42.5 Å². The summed E-state index contributed by atoms with van der Waals surface area (Å²) in [6.07, 6.45) is 2.49. The Morgan fingerprint density at radius 3 is 2.42 bits per heavy atom. The highest BCUT2D eigenvalue weighted by atomic mass is 16.5. The van der Waals surface area contributed by atoms with Gasteiger partial charge in [0.15, 0.2) is 23.4 Å². The second-order valence-electron chi connectivity index (χ2n) is 12.7. The van der Waals surface area contributed by atoms with Gasteiger partial charge in [0.2, 0.25) is 0 Å². The lowest BCUT2D eigenvalue weighted by atomic mass is 9.53. The van der Waals surface area contributed by atoms with Gasteiger partial charge in [-0.1, -0.05) is 36.4 Å². The number of phenols is 1. The second kappa shape index (κ2) is 9.96. The third kappa shape index (κ3) is 4.26. The molecule has 1 spiro atoms. The van der Waals surface area contributed by atoms with Crippen molar-refractivity contribution in [1.29, 1.82) is 0 Å². The van der Waals surface area contributed by atoms with E-state index in [0.29, 0.717) is 35.6 Å². The Morgan fingerprint density at radius 1 is 1.02 bits per heavy atom. The maximum Gasteiger partial charge on any atom is 0.254 e. The first kappa shape index (κ1) is 27.7. The topological polar surface area (TPSA) is 119 Å².